The Kier molecular flexibility index (Phi) is 10.7. The summed E-state index contributed by atoms with van der Waals surface area (Å²) in [4.78, 5) is 21.2. The molecule has 8 N–H and O–H groups in total. The van der Waals surface area contributed by atoms with Crippen LogP contribution < -0.4 is 22.9 Å². The lowest BCUT2D eigenvalue weighted by Gasteiger charge is -2.14. The van der Waals surface area contributed by atoms with Gasteiger partial charge in [0.25, 0.3) is 0 Å². The van der Waals surface area contributed by atoms with Crippen molar-refractivity contribution >= 4 is 11.8 Å². The van der Waals surface area contributed by atoms with E-state index in [4.69, 9.17) is 22.9 Å². The minimum atomic E-state index is -0.522. The van der Waals surface area contributed by atoms with E-state index in [-0.39, 0.29) is 6.17 Å². The molecular weight excluding hydrogens is 292 g/mol. The summed E-state index contributed by atoms with van der Waals surface area (Å²) in [6.07, 6.45) is 6.29. The van der Waals surface area contributed by atoms with Crippen molar-refractivity contribution in [1.29, 1.82) is 0 Å². The molecule has 0 saturated carbocycles. The first kappa shape index (κ1) is 21.1. The molecule has 1 aromatic rings. The normalized spacial score (nSPS) is 11.5. The molecule has 6 heteroatoms. The van der Waals surface area contributed by atoms with Gasteiger partial charge in [-0.3, -0.25) is 9.59 Å². The monoisotopic (exact) mass is 322 g/mol. The molecule has 0 spiro atoms. The van der Waals surface area contributed by atoms with E-state index in [0.717, 1.165) is 0 Å². The zero-order valence-corrected chi connectivity index (χ0v) is 14.1. The van der Waals surface area contributed by atoms with Gasteiger partial charge in [0.05, 0.1) is 6.17 Å². The lowest BCUT2D eigenvalue weighted by atomic mass is 10.0. The standard InChI is InChI=1S/C9H22N2.C8H8N2O2/c1-3-4-5-6-7-8(2)9(10)11;9-7(11)5-1-2-6(4-3-5)8(10)12/h8-9H,3-7,10-11H2,1-2H3;1-4H,(H2,9,11)(H2,10,12). The summed E-state index contributed by atoms with van der Waals surface area (Å²) < 4.78 is 0. The highest BCUT2D eigenvalue weighted by atomic mass is 16.1. The number of rotatable bonds is 8. The van der Waals surface area contributed by atoms with Crippen molar-refractivity contribution in [2.75, 3.05) is 0 Å². The van der Waals surface area contributed by atoms with E-state index in [1.165, 1.54) is 56.4 Å². The first-order valence-corrected chi connectivity index (χ1v) is 8.00. The fourth-order valence-electron chi connectivity index (χ4n) is 1.88. The molecule has 0 radical (unpaired) electrons. The molecule has 130 valence electrons. The number of nitrogens with two attached hydrogens (primary N) is 4. The Morgan fingerprint density at radius 2 is 1.35 bits per heavy atom. The summed E-state index contributed by atoms with van der Waals surface area (Å²) >= 11 is 0. The fourth-order valence-corrected chi connectivity index (χ4v) is 1.88. The lowest BCUT2D eigenvalue weighted by molar-refractivity contribution is 0.0988. The maximum absolute atomic E-state index is 10.6. The van der Waals surface area contributed by atoms with Crippen molar-refractivity contribution in [3.05, 3.63) is 35.4 Å². The number of primary amides is 2. The second-order valence-corrected chi connectivity index (χ2v) is 5.71. The first-order valence-electron chi connectivity index (χ1n) is 8.00. The van der Waals surface area contributed by atoms with Gasteiger partial charge in [-0.05, 0) is 36.6 Å². The number of amides is 2. The molecule has 0 aliphatic heterocycles. The van der Waals surface area contributed by atoms with E-state index in [2.05, 4.69) is 13.8 Å². The number of carbonyl (C=O) groups excluding carboxylic acids is 2. The van der Waals surface area contributed by atoms with Crippen molar-refractivity contribution in [1.82, 2.24) is 0 Å². The van der Waals surface area contributed by atoms with Crippen LogP contribution in [0.4, 0.5) is 0 Å². The van der Waals surface area contributed by atoms with Gasteiger partial charge in [-0.15, -0.1) is 0 Å². The molecule has 1 rings (SSSR count). The molecule has 1 unspecified atom stereocenters. The second kappa shape index (κ2) is 11.6. The molecule has 1 aromatic carbocycles. The lowest BCUT2D eigenvalue weighted by Crippen LogP contribution is -2.37. The number of carbonyl (C=O) groups is 2. The van der Waals surface area contributed by atoms with Gasteiger partial charge >= 0.3 is 0 Å². The van der Waals surface area contributed by atoms with Gasteiger partial charge in [0, 0.05) is 11.1 Å². The predicted octanol–water partition coefficient (Wildman–Crippen LogP) is 1.72. The number of unbranched alkanes of at least 4 members (excludes halogenated alkanes) is 3. The molecule has 23 heavy (non-hydrogen) atoms. The van der Waals surface area contributed by atoms with E-state index < -0.39 is 11.8 Å². The molecule has 6 nitrogen and oxygen atoms in total. The Morgan fingerprint density at radius 1 is 0.913 bits per heavy atom. The third-order valence-corrected chi connectivity index (χ3v) is 3.62. The van der Waals surface area contributed by atoms with E-state index in [1.807, 2.05) is 0 Å². The highest BCUT2D eigenvalue weighted by molar-refractivity contribution is 5.96. The molecule has 2 amide bonds. The highest BCUT2D eigenvalue weighted by Crippen LogP contribution is 2.10. The van der Waals surface area contributed by atoms with Crippen LogP contribution in [-0.2, 0) is 0 Å². The topological polar surface area (TPSA) is 138 Å². The summed E-state index contributed by atoms with van der Waals surface area (Å²) in [6.45, 7) is 4.34. The Morgan fingerprint density at radius 3 is 1.65 bits per heavy atom. The summed E-state index contributed by atoms with van der Waals surface area (Å²) in [5, 5.41) is 0. The number of hydrogen-bond acceptors (Lipinski definition) is 4. The molecule has 0 aliphatic rings. The second-order valence-electron chi connectivity index (χ2n) is 5.71. The van der Waals surface area contributed by atoms with Gasteiger partial charge < -0.3 is 22.9 Å². The summed E-state index contributed by atoms with van der Waals surface area (Å²) in [5.74, 6) is -0.566. The molecule has 0 aromatic heterocycles. The largest absolute Gasteiger partial charge is 0.366 e. The van der Waals surface area contributed by atoms with Crippen molar-refractivity contribution in [3.63, 3.8) is 0 Å². The zero-order valence-electron chi connectivity index (χ0n) is 14.1. The van der Waals surface area contributed by atoms with Crippen LogP contribution in [0, 0.1) is 5.92 Å². The first-order chi connectivity index (χ1) is 10.8. The van der Waals surface area contributed by atoms with E-state index in [9.17, 15) is 9.59 Å². The van der Waals surface area contributed by atoms with E-state index in [0.29, 0.717) is 17.0 Å². The van der Waals surface area contributed by atoms with Crippen molar-refractivity contribution in [2.24, 2.45) is 28.9 Å². The quantitative estimate of drug-likeness (QED) is 0.427. The molecule has 0 fully saturated rings. The third-order valence-electron chi connectivity index (χ3n) is 3.62. The molecule has 0 aliphatic carbocycles. The summed E-state index contributed by atoms with van der Waals surface area (Å²) in [6, 6.07) is 5.84. The van der Waals surface area contributed by atoms with E-state index >= 15 is 0 Å². The summed E-state index contributed by atoms with van der Waals surface area (Å²) in [5.41, 5.74) is 21.7. The number of benzene rings is 1. The van der Waals surface area contributed by atoms with Crippen LogP contribution in [0.15, 0.2) is 24.3 Å². The van der Waals surface area contributed by atoms with Gasteiger partial charge in [-0.2, -0.15) is 0 Å². The maximum Gasteiger partial charge on any atom is 0.248 e. The van der Waals surface area contributed by atoms with Gasteiger partial charge in [-0.1, -0.05) is 39.5 Å². The molecule has 0 heterocycles. The minimum absolute atomic E-state index is 0.128. The van der Waals surface area contributed by atoms with Crippen LogP contribution >= 0.6 is 0 Å². The Hall–Kier alpha value is -1.92. The predicted molar refractivity (Wildman–Crippen MR) is 93.6 cm³/mol. The summed E-state index contributed by atoms with van der Waals surface area (Å²) in [7, 11) is 0. The van der Waals surface area contributed by atoms with Crippen LogP contribution in [-0.4, -0.2) is 18.0 Å². The Labute approximate surface area is 138 Å². The van der Waals surface area contributed by atoms with E-state index in [1.54, 1.807) is 0 Å². The average Bonchev–Trinajstić information content (AvgIpc) is 2.51. The molecule has 1 atom stereocenters. The van der Waals surface area contributed by atoms with Crippen LogP contribution in [0.1, 0.15) is 66.7 Å². The van der Waals surface area contributed by atoms with Crippen LogP contribution in [0.3, 0.4) is 0 Å². The van der Waals surface area contributed by atoms with Crippen molar-refractivity contribution in [3.8, 4) is 0 Å². The smallest absolute Gasteiger partial charge is 0.248 e. The van der Waals surface area contributed by atoms with Gasteiger partial charge in [0.15, 0.2) is 0 Å². The minimum Gasteiger partial charge on any atom is -0.366 e. The third kappa shape index (κ3) is 9.65. The maximum atomic E-state index is 10.6. The molecular formula is C17H30N4O2. The van der Waals surface area contributed by atoms with Crippen LogP contribution in [0.5, 0.6) is 0 Å². The Balaban J connectivity index is 0.000000423. The Bertz CT molecular complexity index is 439. The van der Waals surface area contributed by atoms with Gasteiger partial charge in [0.1, 0.15) is 0 Å². The van der Waals surface area contributed by atoms with Crippen molar-refractivity contribution < 1.29 is 9.59 Å². The van der Waals surface area contributed by atoms with Crippen molar-refractivity contribution in [2.45, 2.75) is 52.1 Å². The van der Waals surface area contributed by atoms with Crippen LogP contribution in [0.25, 0.3) is 0 Å². The van der Waals surface area contributed by atoms with Gasteiger partial charge in [-0.25, -0.2) is 0 Å². The average molecular weight is 322 g/mol. The zero-order chi connectivity index (χ0) is 17.8. The highest BCUT2D eigenvalue weighted by Gasteiger charge is 2.06. The fraction of sp³-hybridized carbons (Fsp3) is 0.529. The molecule has 0 bridgehead atoms. The van der Waals surface area contributed by atoms with Crippen LogP contribution in [0.2, 0.25) is 0 Å². The molecule has 0 saturated heterocycles. The SMILES string of the molecule is CCCCCCC(C)C(N)N.NC(=O)c1ccc(C(N)=O)cc1. The number of hydrogen-bond donors (Lipinski definition) is 4. The van der Waals surface area contributed by atoms with Gasteiger partial charge in [0.2, 0.25) is 11.8 Å².